The molecule has 2 aliphatic rings. The molecule has 1 saturated heterocycles. The molecule has 2 fully saturated rings. The Morgan fingerprint density at radius 3 is 2.25 bits per heavy atom. The topological polar surface area (TPSA) is 57.6 Å². The fraction of sp³-hybridized carbons (Fsp3) is 0.875. The number of hydrogen-bond donors (Lipinski definition) is 1. The van der Waals surface area contributed by atoms with E-state index in [0.29, 0.717) is 24.8 Å². The summed E-state index contributed by atoms with van der Waals surface area (Å²) in [7, 11) is 0. The molecule has 0 aromatic rings. The number of amides is 1. The number of carbonyl (C=O) groups is 2. The monoisotopic (exact) mass is 281 g/mol. The van der Waals surface area contributed by atoms with E-state index in [0.717, 1.165) is 38.6 Å². The van der Waals surface area contributed by atoms with Gasteiger partial charge in [-0.3, -0.25) is 9.59 Å². The molecule has 0 bridgehead atoms. The van der Waals surface area contributed by atoms with E-state index < -0.39 is 5.97 Å². The number of nitrogens with zero attached hydrogens (tertiary/aromatic N) is 1. The van der Waals surface area contributed by atoms with Crippen LogP contribution in [-0.2, 0) is 9.59 Å². The van der Waals surface area contributed by atoms with Crippen molar-refractivity contribution in [2.45, 2.75) is 70.8 Å². The van der Waals surface area contributed by atoms with Crippen LogP contribution in [0.25, 0.3) is 0 Å². The molecule has 0 radical (unpaired) electrons. The van der Waals surface area contributed by atoms with Crippen LogP contribution in [0.15, 0.2) is 0 Å². The average molecular weight is 281 g/mol. The molecule has 1 unspecified atom stereocenters. The third-order valence-corrected chi connectivity index (χ3v) is 5.06. The summed E-state index contributed by atoms with van der Waals surface area (Å²) in [5.74, 6) is -0.567. The Kier molecular flexibility index (Phi) is 5.44. The molecule has 1 atom stereocenters. The number of rotatable bonds is 3. The van der Waals surface area contributed by atoms with E-state index in [-0.39, 0.29) is 11.8 Å². The number of likely N-dealkylation sites (tertiary alicyclic amines) is 1. The lowest BCUT2D eigenvalue weighted by molar-refractivity contribution is -0.146. The van der Waals surface area contributed by atoms with Crippen LogP contribution < -0.4 is 0 Å². The summed E-state index contributed by atoms with van der Waals surface area (Å²) in [6.07, 6.45) is 8.58. The fourth-order valence-electron chi connectivity index (χ4n) is 3.71. The van der Waals surface area contributed by atoms with Gasteiger partial charge in [0.15, 0.2) is 0 Å². The number of carboxylic acids is 1. The zero-order valence-electron chi connectivity index (χ0n) is 12.5. The van der Waals surface area contributed by atoms with Crippen LogP contribution >= 0.6 is 0 Å². The summed E-state index contributed by atoms with van der Waals surface area (Å²) in [6.45, 7) is 3.06. The summed E-state index contributed by atoms with van der Waals surface area (Å²) in [5, 5.41) is 9.03. The molecule has 1 heterocycles. The van der Waals surface area contributed by atoms with E-state index in [4.69, 9.17) is 5.11 Å². The van der Waals surface area contributed by atoms with Gasteiger partial charge in [-0.05, 0) is 44.9 Å². The second-order valence-electron chi connectivity index (χ2n) is 6.33. The molecule has 0 aromatic heterocycles. The SMILES string of the molecule is CCC1CCCCCN1C(=O)C1CCC(C(=O)O)CC1. The summed E-state index contributed by atoms with van der Waals surface area (Å²) < 4.78 is 0. The standard InChI is InChI=1S/C16H27NO3/c1-2-14-6-4-3-5-11-17(14)15(18)12-7-9-13(10-8-12)16(19)20/h12-14H,2-11H2,1H3,(H,19,20). The molecule has 4 heteroatoms. The van der Waals surface area contributed by atoms with Gasteiger partial charge in [0.1, 0.15) is 0 Å². The first-order chi connectivity index (χ1) is 9.63. The Labute approximate surface area is 121 Å². The van der Waals surface area contributed by atoms with Gasteiger partial charge in [0.2, 0.25) is 5.91 Å². The molecule has 1 aliphatic heterocycles. The smallest absolute Gasteiger partial charge is 0.306 e. The Balaban J connectivity index is 1.94. The van der Waals surface area contributed by atoms with Crippen LogP contribution in [0.1, 0.15) is 64.7 Å². The van der Waals surface area contributed by atoms with Crippen LogP contribution in [0.4, 0.5) is 0 Å². The summed E-state index contributed by atoms with van der Waals surface area (Å²) in [6, 6.07) is 0.405. The highest BCUT2D eigenvalue weighted by Crippen LogP contribution is 2.32. The molecule has 1 N–H and O–H groups in total. The maximum atomic E-state index is 12.7. The van der Waals surface area contributed by atoms with Crippen molar-refractivity contribution in [3.05, 3.63) is 0 Å². The highest BCUT2D eigenvalue weighted by molar-refractivity contribution is 5.80. The Morgan fingerprint density at radius 1 is 1.00 bits per heavy atom. The van der Waals surface area contributed by atoms with Gasteiger partial charge in [0.25, 0.3) is 0 Å². The van der Waals surface area contributed by atoms with Crippen molar-refractivity contribution in [2.24, 2.45) is 11.8 Å². The molecular formula is C16H27NO3. The third kappa shape index (κ3) is 3.53. The van der Waals surface area contributed by atoms with Crippen molar-refractivity contribution in [2.75, 3.05) is 6.54 Å². The van der Waals surface area contributed by atoms with E-state index in [1.807, 2.05) is 0 Å². The molecule has 0 aromatic carbocycles. The van der Waals surface area contributed by atoms with Crippen molar-refractivity contribution in [3.8, 4) is 0 Å². The van der Waals surface area contributed by atoms with E-state index in [2.05, 4.69) is 11.8 Å². The quantitative estimate of drug-likeness (QED) is 0.865. The molecular weight excluding hydrogens is 254 g/mol. The van der Waals surface area contributed by atoms with Crippen LogP contribution in [0.3, 0.4) is 0 Å². The van der Waals surface area contributed by atoms with Crippen molar-refractivity contribution in [3.63, 3.8) is 0 Å². The van der Waals surface area contributed by atoms with E-state index >= 15 is 0 Å². The first-order valence-corrected chi connectivity index (χ1v) is 8.16. The Morgan fingerprint density at radius 2 is 1.65 bits per heavy atom. The lowest BCUT2D eigenvalue weighted by Crippen LogP contribution is -2.44. The van der Waals surface area contributed by atoms with Gasteiger partial charge in [-0.25, -0.2) is 0 Å². The van der Waals surface area contributed by atoms with Gasteiger partial charge in [-0.15, -0.1) is 0 Å². The zero-order valence-corrected chi connectivity index (χ0v) is 12.5. The van der Waals surface area contributed by atoms with Crippen molar-refractivity contribution in [1.29, 1.82) is 0 Å². The largest absolute Gasteiger partial charge is 0.481 e. The number of hydrogen-bond acceptors (Lipinski definition) is 2. The summed E-state index contributed by atoms with van der Waals surface area (Å²) >= 11 is 0. The Hall–Kier alpha value is -1.06. The minimum absolute atomic E-state index is 0.0674. The Bertz CT molecular complexity index is 348. The molecule has 20 heavy (non-hydrogen) atoms. The van der Waals surface area contributed by atoms with Crippen molar-refractivity contribution >= 4 is 11.9 Å². The van der Waals surface area contributed by atoms with Crippen LogP contribution in [0.5, 0.6) is 0 Å². The molecule has 114 valence electrons. The average Bonchev–Trinajstić information content (AvgIpc) is 2.71. The van der Waals surface area contributed by atoms with Crippen molar-refractivity contribution < 1.29 is 14.7 Å². The van der Waals surface area contributed by atoms with Crippen LogP contribution in [-0.4, -0.2) is 34.5 Å². The summed E-state index contributed by atoms with van der Waals surface area (Å²) in [5.41, 5.74) is 0. The molecule has 0 spiro atoms. The number of carboxylic acid groups (broad SMARTS) is 1. The maximum absolute atomic E-state index is 12.7. The molecule has 2 rings (SSSR count). The van der Waals surface area contributed by atoms with E-state index in [1.54, 1.807) is 0 Å². The second-order valence-corrected chi connectivity index (χ2v) is 6.33. The maximum Gasteiger partial charge on any atom is 0.306 e. The number of carbonyl (C=O) groups excluding carboxylic acids is 1. The summed E-state index contributed by atoms with van der Waals surface area (Å²) in [4.78, 5) is 25.8. The van der Waals surface area contributed by atoms with Gasteiger partial charge in [-0.2, -0.15) is 0 Å². The lowest BCUT2D eigenvalue weighted by Gasteiger charge is -2.35. The highest BCUT2D eigenvalue weighted by Gasteiger charge is 2.34. The number of aliphatic carboxylic acids is 1. The van der Waals surface area contributed by atoms with Crippen molar-refractivity contribution in [1.82, 2.24) is 4.90 Å². The molecule has 1 saturated carbocycles. The molecule has 4 nitrogen and oxygen atoms in total. The van der Waals surface area contributed by atoms with Gasteiger partial charge in [0, 0.05) is 18.5 Å². The normalized spacial score (nSPS) is 31.6. The fourth-order valence-corrected chi connectivity index (χ4v) is 3.71. The predicted molar refractivity (Wildman–Crippen MR) is 77.3 cm³/mol. The van der Waals surface area contributed by atoms with Gasteiger partial charge in [0.05, 0.1) is 5.92 Å². The third-order valence-electron chi connectivity index (χ3n) is 5.06. The van der Waals surface area contributed by atoms with Gasteiger partial charge in [-0.1, -0.05) is 19.8 Å². The van der Waals surface area contributed by atoms with Crippen LogP contribution in [0.2, 0.25) is 0 Å². The lowest BCUT2D eigenvalue weighted by atomic mass is 9.81. The molecule has 1 aliphatic carbocycles. The zero-order chi connectivity index (χ0) is 14.5. The molecule has 1 amide bonds. The second kappa shape index (κ2) is 7.09. The minimum atomic E-state index is -0.697. The minimum Gasteiger partial charge on any atom is -0.481 e. The first kappa shape index (κ1) is 15.3. The highest BCUT2D eigenvalue weighted by atomic mass is 16.4. The van der Waals surface area contributed by atoms with Gasteiger partial charge < -0.3 is 10.0 Å². The van der Waals surface area contributed by atoms with E-state index in [1.165, 1.54) is 12.8 Å². The van der Waals surface area contributed by atoms with E-state index in [9.17, 15) is 9.59 Å². The first-order valence-electron chi connectivity index (χ1n) is 8.16. The van der Waals surface area contributed by atoms with Crippen LogP contribution in [0, 0.1) is 11.8 Å². The van der Waals surface area contributed by atoms with Gasteiger partial charge >= 0.3 is 5.97 Å². The predicted octanol–water partition coefficient (Wildman–Crippen LogP) is 3.06.